The molecule has 3 aromatic rings. The molecule has 0 atom stereocenters. The van der Waals surface area contributed by atoms with E-state index in [1.165, 1.54) is 0 Å². The molecule has 122 valence electrons. The highest BCUT2D eigenvalue weighted by Crippen LogP contribution is 2.20. The molecule has 1 aromatic carbocycles. The second kappa shape index (κ2) is 6.49. The van der Waals surface area contributed by atoms with Crippen LogP contribution in [-0.2, 0) is 6.54 Å². The van der Waals surface area contributed by atoms with Crippen LogP contribution in [0.25, 0.3) is 23.2 Å². The molecule has 1 aliphatic rings. The molecule has 0 spiro atoms. The van der Waals surface area contributed by atoms with Gasteiger partial charge in [-0.1, -0.05) is 24.3 Å². The van der Waals surface area contributed by atoms with Gasteiger partial charge in [0.05, 0.1) is 17.6 Å². The Morgan fingerprint density at radius 1 is 1.21 bits per heavy atom. The van der Waals surface area contributed by atoms with Gasteiger partial charge in [-0.2, -0.15) is 0 Å². The van der Waals surface area contributed by atoms with Crippen molar-refractivity contribution in [2.75, 3.05) is 13.1 Å². The van der Waals surface area contributed by atoms with E-state index < -0.39 is 0 Å². The predicted octanol–water partition coefficient (Wildman–Crippen LogP) is 4.40. The first-order valence-electron chi connectivity index (χ1n) is 8.37. The number of rotatable bonds is 4. The van der Waals surface area contributed by atoms with E-state index in [1.54, 1.807) is 0 Å². The number of nitrogens with zero attached hydrogens (tertiary/aromatic N) is 2. The zero-order valence-corrected chi connectivity index (χ0v) is 13.8. The Morgan fingerprint density at radius 2 is 2.17 bits per heavy atom. The summed E-state index contributed by atoms with van der Waals surface area (Å²) in [6.45, 7) is 4.91. The van der Waals surface area contributed by atoms with Crippen molar-refractivity contribution in [3.05, 3.63) is 65.4 Å². The normalized spacial score (nSPS) is 15.7. The van der Waals surface area contributed by atoms with Gasteiger partial charge in [-0.05, 0) is 43.7 Å². The number of aryl methyl sites for hydroxylation is 1. The number of hydrogen-bond acceptors (Lipinski definition) is 3. The summed E-state index contributed by atoms with van der Waals surface area (Å²) in [6.07, 6.45) is 9.65. The zero-order chi connectivity index (χ0) is 16.4. The second-order valence-electron chi connectivity index (χ2n) is 6.20. The maximum Gasteiger partial charge on any atom is 0.127 e. The number of hydrogen-bond donors (Lipinski definition) is 1. The van der Waals surface area contributed by atoms with Gasteiger partial charge in [0.2, 0.25) is 0 Å². The molecule has 0 unspecified atom stereocenters. The van der Waals surface area contributed by atoms with Crippen molar-refractivity contribution in [3.8, 4) is 0 Å². The first kappa shape index (κ1) is 15.0. The highest BCUT2D eigenvalue weighted by Gasteiger charge is 2.11. The maximum absolute atomic E-state index is 5.59. The summed E-state index contributed by atoms with van der Waals surface area (Å²) in [5.41, 5.74) is 3.19. The minimum absolute atomic E-state index is 0.861. The van der Waals surface area contributed by atoms with Gasteiger partial charge in [0, 0.05) is 18.7 Å². The predicted molar refractivity (Wildman–Crippen MR) is 97.5 cm³/mol. The summed E-state index contributed by atoms with van der Waals surface area (Å²) < 4.78 is 5.59. The molecule has 4 rings (SSSR count). The molecule has 0 aliphatic carbocycles. The van der Waals surface area contributed by atoms with Crippen LogP contribution in [0.5, 0.6) is 0 Å². The number of H-pyrrole nitrogens is 1. The molecule has 0 radical (unpaired) electrons. The largest absolute Gasteiger partial charge is 0.462 e. The van der Waals surface area contributed by atoms with E-state index in [0.717, 1.165) is 60.0 Å². The average molecular weight is 319 g/mol. The van der Waals surface area contributed by atoms with E-state index in [9.17, 15) is 0 Å². The molecule has 4 nitrogen and oxygen atoms in total. The van der Waals surface area contributed by atoms with Crippen molar-refractivity contribution in [3.63, 3.8) is 0 Å². The zero-order valence-electron chi connectivity index (χ0n) is 13.8. The minimum Gasteiger partial charge on any atom is -0.462 e. The highest BCUT2D eigenvalue weighted by atomic mass is 16.3. The number of aromatic nitrogens is 2. The Bertz CT molecular complexity index is 901. The molecule has 3 heterocycles. The fourth-order valence-electron chi connectivity index (χ4n) is 3.07. The lowest BCUT2D eigenvalue weighted by Crippen LogP contribution is -2.27. The quantitative estimate of drug-likeness (QED) is 0.725. The van der Waals surface area contributed by atoms with Crippen LogP contribution in [0.2, 0.25) is 0 Å². The van der Waals surface area contributed by atoms with Crippen molar-refractivity contribution >= 4 is 23.2 Å². The van der Waals surface area contributed by atoms with Crippen LogP contribution in [-0.4, -0.2) is 28.0 Å². The van der Waals surface area contributed by atoms with Crippen molar-refractivity contribution in [2.24, 2.45) is 0 Å². The van der Waals surface area contributed by atoms with E-state index >= 15 is 0 Å². The Balaban J connectivity index is 1.59. The highest BCUT2D eigenvalue weighted by molar-refractivity contribution is 5.87. The van der Waals surface area contributed by atoms with E-state index in [1.807, 2.05) is 25.1 Å². The Kier molecular flexibility index (Phi) is 4.05. The van der Waals surface area contributed by atoms with Crippen LogP contribution in [0, 0.1) is 6.92 Å². The van der Waals surface area contributed by atoms with E-state index in [4.69, 9.17) is 9.40 Å². The van der Waals surface area contributed by atoms with Crippen LogP contribution in [0.3, 0.4) is 0 Å². The fraction of sp³-hybridized carbons (Fsp3) is 0.250. The van der Waals surface area contributed by atoms with Gasteiger partial charge >= 0.3 is 0 Å². The van der Waals surface area contributed by atoms with Crippen LogP contribution in [0.1, 0.15) is 29.3 Å². The molecule has 2 aromatic heterocycles. The van der Waals surface area contributed by atoms with Crippen LogP contribution in [0.15, 0.2) is 46.9 Å². The Labute approximate surface area is 141 Å². The van der Waals surface area contributed by atoms with E-state index in [2.05, 4.69) is 46.3 Å². The third-order valence-electron chi connectivity index (χ3n) is 4.30. The summed E-state index contributed by atoms with van der Waals surface area (Å²) in [6, 6.07) is 10.2. The first-order chi connectivity index (χ1) is 11.8. The molecule has 1 N–H and O–H groups in total. The number of nitrogens with one attached hydrogen (secondary N) is 1. The molecule has 4 heteroatoms. The lowest BCUT2D eigenvalue weighted by Gasteiger charge is -2.21. The van der Waals surface area contributed by atoms with Crippen molar-refractivity contribution in [1.29, 1.82) is 0 Å². The number of benzene rings is 1. The second-order valence-corrected chi connectivity index (χ2v) is 6.20. The number of furan rings is 1. The molecule has 0 saturated heterocycles. The molecule has 0 bridgehead atoms. The summed E-state index contributed by atoms with van der Waals surface area (Å²) >= 11 is 0. The summed E-state index contributed by atoms with van der Waals surface area (Å²) in [5, 5.41) is 0. The number of fused-ring (bicyclic) bond motifs is 1. The van der Waals surface area contributed by atoms with Crippen LogP contribution < -0.4 is 0 Å². The maximum atomic E-state index is 5.59. The Morgan fingerprint density at radius 3 is 2.96 bits per heavy atom. The SMILES string of the molecule is Cc1ccc(C=Cc2cccc3[nH]c(CN4CC=CCC4)nc23)o1. The Hall–Kier alpha value is -2.59. The third kappa shape index (κ3) is 3.19. The van der Waals surface area contributed by atoms with Gasteiger partial charge < -0.3 is 9.40 Å². The third-order valence-corrected chi connectivity index (χ3v) is 4.30. The molecular weight excluding hydrogens is 298 g/mol. The number of imidazole rings is 1. The van der Waals surface area contributed by atoms with Gasteiger partial charge in [0.25, 0.3) is 0 Å². The average Bonchev–Trinajstić information content (AvgIpc) is 3.19. The summed E-state index contributed by atoms with van der Waals surface area (Å²) in [4.78, 5) is 10.7. The molecule has 24 heavy (non-hydrogen) atoms. The molecule has 0 saturated carbocycles. The number of aromatic amines is 1. The lowest BCUT2D eigenvalue weighted by atomic mass is 10.1. The first-order valence-corrected chi connectivity index (χ1v) is 8.37. The van der Waals surface area contributed by atoms with Gasteiger partial charge in [0.15, 0.2) is 0 Å². The van der Waals surface area contributed by atoms with Crippen LogP contribution >= 0.6 is 0 Å². The van der Waals surface area contributed by atoms with E-state index in [0.29, 0.717) is 0 Å². The van der Waals surface area contributed by atoms with Crippen LogP contribution in [0.4, 0.5) is 0 Å². The van der Waals surface area contributed by atoms with Gasteiger partial charge in [-0.15, -0.1) is 0 Å². The smallest absolute Gasteiger partial charge is 0.127 e. The van der Waals surface area contributed by atoms with Gasteiger partial charge in [-0.25, -0.2) is 4.98 Å². The van der Waals surface area contributed by atoms with E-state index in [-0.39, 0.29) is 0 Å². The van der Waals surface area contributed by atoms with Gasteiger partial charge in [-0.3, -0.25) is 4.90 Å². The van der Waals surface area contributed by atoms with Gasteiger partial charge in [0.1, 0.15) is 17.3 Å². The molecular formula is C20H21N3O. The standard InChI is InChI=1S/C20H21N3O/c1-15-8-10-17(24-15)11-9-16-6-5-7-18-20(16)22-19(21-18)14-23-12-3-2-4-13-23/h2-3,5-11H,4,12-14H2,1H3,(H,21,22). The molecule has 0 amide bonds. The molecule has 1 aliphatic heterocycles. The topological polar surface area (TPSA) is 45.1 Å². The number of para-hydroxylation sites is 1. The van der Waals surface area contributed by atoms with Crippen molar-refractivity contribution in [1.82, 2.24) is 14.9 Å². The van der Waals surface area contributed by atoms with Crippen molar-refractivity contribution in [2.45, 2.75) is 19.9 Å². The monoisotopic (exact) mass is 319 g/mol. The van der Waals surface area contributed by atoms with Crippen molar-refractivity contribution < 1.29 is 4.42 Å². The summed E-state index contributed by atoms with van der Waals surface area (Å²) in [7, 11) is 0. The summed E-state index contributed by atoms with van der Waals surface area (Å²) in [5.74, 6) is 2.81. The minimum atomic E-state index is 0.861. The fourth-order valence-corrected chi connectivity index (χ4v) is 3.07. The molecule has 0 fully saturated rings. The lowest BCUT2D eigenvalue weighted by molar-refractivity contribution is 0.284.